The fourth-order valence-electron chi connectivity index (χ4n) is 4.50. The van der Waals surface area contributed by atoms with Gasteiger partial charge in [-0.25, -0.2) is 9.59 Å². The molecule has 0 aliphatic carbocycles. The van der Waals surface area contributed by atoms with Crippen molar-refractivity contribution < 1.29 is 23.5 Å². The molecule has 2 unspecified atom stereocenters. The summed E-state index contributed by atoms with van der Waals surface area (Å²) in [7, 11) is 4.57. The summed E-state index contributed by atoms with van der Waals surface area (Å²) in [6.07, 6.45) is 2.00. The first-order valence-electron chi connectivity index (χ1n) is 15.8. The van der Waals surface area contributed by atoms with E-state index >= 15 is 0 Å². The van der Waals surface area contributed by atoms with Gasteiger partial charge in [-0.1, -0.05) is 39.0 Å². The maximum atomic E-state index is 13.4. The molecule has 256 valence electrons. The summed E-state index contributed by atoms with van der Waals surface area (Å²) >= 11 is 1.33. The lowest BCUT2D eigenvalue weighted by Crippen LogP contribution is -2.39. The number of carbonyl (C=O) groups excluding carboxylic acids is 3. The highest BCUT2D eigenvalue weighted by Crippen LogP contribution is 2.29. The van der Waals surface area contributed by atoms with Crippen molar-refractivity contribution in [2.75, 3.05) is 43.1 Å². The van der Waals surface area contributed by atoms with Gasteiger partial charge in [0.05, 0.1) is 17.5 Å². The van der Waals surface area contributed by atoms with Crippen molar-refractivity contribution in [3.63, 3.8) is 0 Å². The van der Waals surface area contributed by atoms with E-state index in [-0.39, 0.29) is 17.8 Å². The normalized spacial score (nSPS) is 12.9. The Morgan fingerprint density at radius 3 is 2.15 bits per heavy atom. The monoisotopic (exact) mass is 682 g/mol. The molecule has 4 amide bonds. The van der Waals surface area contributed by atoms with Crippen LogP contribution in [-0.4, -0.2) is 76.1 Å². The second kappa shape index (κ2) is 17.4. The number of nitrogens with one attached hydrogen (secondary N) is 3. The van der Waals surface area contributed by atoms with E-state index < -0.39 is 17.6 Å². The molecule has 3 aromatic rings. The van der Waals surface area contributed by atoms with E-state index in [1.807, 2.05) is 43.3 Å². The molecule has 3 N–H and O–H groups in total. The van der Waals surface area contributed by atoms with E-state index in [2.05, 4.69) is 41.7 Å². The minimum atomic E-state index is -0.648. The first-order chi connectivity index (χ1) is 22.1. The molecule has 0 radical (unpaired) electrons. The van der Waals surface area contributed by atoms with Gasteiger partial charge in [-0.3, -0.25) is 15.1 Å². The molecule has 0 spiro atoms. The minimum absolute atomic E-state index is 0.0548. The van der Waals surface area contributed by atoms with Gasteiger partial charge in [-0.15, -0.1) is 11.3 Å². The molecule has 3 rings (SSSR count). The van der Waals surface area contributed by atoms with E-state index in [1.165, 1.54) is 11.3 Å². The molecule has 2 heterocycles. The Hall–Kier alpha value is -3.78. The predicted molar refractivity (Wildman–Crippen MR) is 193 cm³/mol. The number of benzene rings is 1. The SMILES string of the molecule is CC(C)C(C)CC(O[SiH3])c1ccc(NC(=O)N(CCN(C)C)Cc2ccc(C(=O)Nc3cscc3NC(=O)OC(C)(C)C)nc2)cc1. The van der Waals surface area contributed by atoms with E-state index in [0.717, 1.165) is 17.5 Å². The van der Waals surface area contributed by atoms with Crippen molar-refractivity contribution in [3.8, 4) is 0 Å². The first kappa shape index (κ1) is 37.7. The molecule has 0 fully saturated rings. The third-order valence-electron chi connectivity index (χ3n) is 7.62. The fourth-order valence-corrected chi connectivity index (χ4v) is 5.67. The van der Waals surface area contributed by atoms with Gasteiger partial charge in [0.25, 0.3) is 5.91 Å². The lowest BCUT2D eigenvalue weighted by Gasteiger charge is -2.25. The Kier molecular flexibility index (Phi) is 13.9. The lowest BCUT2D eigenvalue weighted by atomic mass is 9.90. The molecule has 13 heteroatoms. The van der Waals surface area contributed by atoms with Crippen LogP contribution in [0.4, 0.5) is 26.7 Å². The fraction of sp³-hybridized carbons (Fsp3) is 0.471. The van der Waals surface area contributed by atoms with Crippen molar-refractivity contribution in [2.45, 2.75) is 66.2 Å². The summed E-state index contributed by atoms with van der Waals surface area (Å²) in [6.45, 7) is 13.5. The Morgan fingerprint density at radius 1 is 0.936 bits per heavy atom. The number of aromatic nitrogens is 1. The van der Waals surface area contributed by atoms with Crippen LogP contribution in [0.5, 0.6) is 0 Å². The third kappa shape index (κ3) is 12.4. The third-order valence-corrected chi connectivity index (χ3v) is 8.94. The summed E-state index contributed by atoms with van der Waals surface area (Å²) < 4.78 is 11.2. The maximum Gasteiger partial charge on any atom is 0.412 e. The van der Waals surface area contributed by atoms with Crippen LogP contribution in [0, 0.1) is 11.8 Å². The van der Waals surface area contributed by atoms with Crippen LogP contribution in [-0.2, 0) is 15.7 Å². The number of hydrogen-bond donors (Lipinski definition) is 3. The predicted octanol–water partition coefficient (Wildman–Crippen LogP) is 6.36. The van der Waals surface area contributed by atoms with Crippen LogP contribution >= 0.6 is 11.3 Å². The van der Waals surface area contributed by atoms with E-state index in [1.54, 1.807) is 54.8 Å². The Labute approximate surface area is 286 Å². The van der Waals surface area contributed by atoms with Crippen LogP contribution in [0.15, 0.2) is 53.4 Å². The van der Waals surface area contributed by atoms with E-state index in [4.69, 9.17) is 9.16 Å². The molecule has 2 atom stereocenters. The molecule has 11 nitrogen and oxygen atoms in total. The molecule has 47 heavy (non-hydrogen) atoms. The van der Waals surface area contributed by atoms with E-state index in [9.17, 15) is 14.4 Å². The molecular formula is C34H50N6O5SSi. The van der Waals surface area contributed by atoms with Gasteiger partial charge in [0.15, 0.2) is 0 Å². The van der Waals surface area contributed by atoms with Gasteiger partial charge >= 0.3 is 12.1 Å². The largest absolute Gasteiger partial charge is 0.444 e. The zero-order valence-corrected chi connectivity index (χ0v) is 31.9. The lowest BCUT2D eigenvalue weighted by molar-refractivity contribution is 0.0635. The molecule has 0 bridgehead atoms. The van der Waals surface area contributed by atoms with Gasteiger partial charge in [0.1, 0.15) is 21.8 Å². The molecule has 1 aromatic carbocycles. The number of likely N-dealkylation sites (N-methyl/N-ethyl adjacent to an activating group) is 1. The van der Waals surface area contributed by atoms with Crippen LogP contribution in [0.2, 0.25) is 0 Å². The quantitative estimate of drug-likeness (QED) is 0.169. The molecule has 0 saturated heterocycles. The number of rotatable bonds is 14. The second-order valence-corrected chi connectivity index (χ2v) is 14.5. The number of amides is 4. The van der Waals surface area contributed by atoms with Crippen molar-refractivity contribution in [3.05, 3.63) is 70.2 Å². The topological polar surface area (TPSA) is 125 Å². The van der Waals surface area contributed by atoms with Crippen LogP contribution in [0.3, 0.4) is 0 Å². The highest BCUT2D eigenvalue weighted by molar-refractivity contribution is 7.09. The average molecular weight is 683 g/mol. The summed E-state index contributed by atoms with van der Waals surface area (Å²) in [5.41, 5.74) is 3.03. The minimum Gasteiger partial charge on any atom is -0.444 e. The Morgan fingerprint density at radius 2 is 1.60 bits per heavy atom. The van der Waals surface area contributed by atoms with Crippen LogP contribution in [0.1, 0.15) is 75.7 Å². The molecule has 0 aliphatic rings. The Bertz CT molecular complexity index is 1460. The van der Waals surface area contributed by atoms with Gasteiger partial charge in [-0.05, 0) is 82.4 Å². The van der Waals surface area contributed by atoms with Crippen LogP contribution in [0.25, 0.3) is 0 Å². The van der Waals surface area contributed by atoms with Gasteiger partial charge in [-0.2, -0.15) is 0 Å². The first-order valence-corrected chi connectivity index (χ1v) is 17.6. The van der Waals surface area contributed by atoms with Gasteiger partial charge < -0.3 is 29.6 Å². The highest BCUT2D eigenvalue weighted by Gasteiger charge is 2.20. The zero-order valence-electron chi connectivity index (χ0n) is 29.0. The number of carbonyl (C=O) groups is 3. The summed E-state index contributed by atoms with van der Waals surface area (Å²) in [6, 6.07) is 11.1. The smallest absolute Gasteiger partial charge is 0.412 e. The van der Waals surface area contributed by atoms with E-state index in [0.29, 0.717) is 59.0 Å². The van der Waals surface area contributed by atoms with Gasteiger partial charge in [0, 0.05) is 42.3 Å². The molecule has 0 aliphatic heterocycles. The molecule has 2 aromatic heterocycles. The second-order valence-electron chi connectivity index (χ2n) is 13.3. The average Bonchev–Trinajstić information content (AvgIpc) is 3.43. The van der Waals surface area contributed by atoms with Crippen molar-refractivity contribution in [2.24, 2.45) is 11.8 Å². The summed E-state index contributed by atoms with van der Waals surface area (Å²) in [5, 5.41) is 11.9. The number of nitrogens with zero attached hydrogens (tertiary/aromatic N) is 3. The van der Waals surface area contributed by atoms with Crippen molar-refractivity contribution in [1.29, 1.82) is 0 Å². The molecule has 0 saturated carbocycles. The number of pyridine rings is 1. The summed E-state index contributed by atoms with van der Waals surface area (Å²) in [5.74, 6) is 0.696. The number of ether oxygens (including phenoxy) is 1. The molecular weight excluding hydrogens is 633 g/mol. The maximum absolute atomic E-state index is 13.4. The zero-order chi connectivity index (χ0) is 34.7. The number of urea groups is 1. The van der Waals surface area contributed by atoms with Crippen molar-refractivity contribution in [1.82, 2.24) is 14.8 Å². The van der Waals surface area contributed by atoms with Crippen LogP contribution < -0.4 is 16.0 Å². The Balaban J connectivity index is 1.64. The highest BCUT2D eigenvalue weighted by atomic mass is 32.1. The number of anilines is 3. The summed E-state index contributed by atoms with van der Waals surface area (Å²) in [4.78, 5) is 46.7. The number of thiophene rings is 1. The standard InChI is InChI=1S/C34H50N6O5SSi/c1-22(2)23(3)17-30(45-47)25-10-12-26(13-11-25)36-32(42)40(16-15-39(7)8)19-24-9-14-27(35-18-24)31(41)37-28-20-46-21-29(28)38-33(43)44-34(4,5)6/h9-14,18,20-23,30H,15-17,19H2,1-8,47H3,(H,36,42)(H,37,41)(H,38,43). The van der Waals surface area contributed by atoms with Gasteiger partial charge in [0.2, 0.25) is 0 Å². The van der Waals surface area contributed by atoms with Crippen molar-refractivity contribution >= 4 is 56.9 Å². The number of hydrogen-bond acceptors (Lipinski definition) is 8.